The molecule has 110 valence electrons. The third-order valence-electron chi connectivity index (χ3n) is 3.21. The van der Waals surface area contributed by atoms with Crippen LogP contribution in [0, 0.1) is 0 Å². The van der Waals surface area contributed by atoms with E-state index in [-0.39, 0.29) is 18.0 Å². The average molecular weight is 286 g/mol. The smallest absolute Gasteiger partial charge is 0.273 e. The Hall–Kier alpha value is -1.76. The Morgan fingerprint density at radius 1 is 1.55 bits per heavy atom. The first-order valence-corrected chi connectivity index (χ1v) is 6.37. The topological polar surface area (TPSA) is 71.5 Å². The van der Waals surface area contributed by atoms with Crippen molar-refractivity contribution in [3.8, 4) is 5.75 Å². The Kier molecular flexibility index (Phi) is 4.49. The van der Waals surface area contributed by atoms with E-state index in [1.807, 2.05) is 0 Å². The van der Waals surface area contributed by atoms with E-state index >= 15 is 0 Å². The minimum atomic E-state index is -2.62. The van der Waals surface area contributed by atoms with Crippen LogP contribution in [-0.2, 0) is 0 Å². The van der Waals surface area contributed by atoms with Gasteiger partial charge in [0.05, 0.1) is 5.60 Å². The monoisotopic (exact) mass is 286 g/mol. The number of nitrogens with one attached hydrogen (secondary N) is 1. The molecule has 1 aliphatic rings. The number of amides is 1. The van der Waals surface area contributed by atoms with E-state index in [1.165, 1.54) is 18.3 Å². The van der Waals surface area contributed by atoms with Gasteiger partial charge in [0.25, 0.3) is 12.3 Å². The molecule has 0 radical (unpaired) electrons. The molecule has 0 bridgehead atoms. The molecule has 7 heteroatoms. The molecular formula is C13H16F2N2O3. The molecule has 2 rings (SSSR count). The number of ether oxygens (including phenoxy) is 1. The number of hydrogen-bond donors (Lipinski definition) is 2. The van der Waals surface area contributed by atoms with Gasteiger partial charge in [-0.15, -0.1) is 0 Å². The van der Waals surface area contributed by atoms with Gasteiger partial charge in [-0.3, -0.25) is 4.79 Å². The zero-order chi connectivity index (χ0) is 14.6. The maximum atomic E-state index is 12.1. The Labute approximate surface area is 115 Å². The molecule has 0 aliphatic heterocycles. The van der Waals surface area contributed by atoms with Gasteiger partial charge in [0.1, 0.15) is 6.61 Å². The molecule has 0 atom stereocenters. The number of rotatable bonds is 6. The van der Waals surface area contributed by atoms with Crippen LogP contribution in [0.4, 0.5) is 8.78 Å². The lowest BCUT2D eigenvalue weighted by atomic mass is 9.80. The first-order valence-electron chi connectivity index (χ1n) is 6.37. The molecule has 1 heterocycles. The highest BCUT2D eigenvalue weighted by atomic mass is 19.3. The zero-order valence-electron chi connectivity index (χ0n) is 10.8. The Balaban J connectivity index is 1.97. The molecule has 1 aromatic rings. The summed E-state index contributed by atoms with van der Waals surface area (Å²) in [6.07, 6.45) is 0.969. The van der Waals surface area contributed by atoms with E-state index in [0.717, 1.165) is 6.42 Å². The van der Waals surface area contributed by atoms with E-state index in [9.17, 15) is 18.7 Å². The number of nitrogens with zero attached hydrogens (tertiary/aromatic N) is 1. The highest BCUT2D eigenvalue weighted by molar-refractivity contribution is 5.94. The molecule has 5 nitrogen and oxygen atoms in total. The summed E-state index contributed by atoms with van der Waals surface area (Å²) >= 11 is 0. The fraction of sp³-hybridized carbons (Fsp3) is 0.538. The van der Waals surface area contributed by atoms with E-state index in [4.69, 9.17) is 4.74 Å². The summed E-state index contributed by atoms with van der Waals surface area (Å²) < 4.78 is 29.1. The van der Waals surface area contributed by atoms with Crippen LogP contribution in [0.1, 0.15) is 29.8 Å². The van der Waals surface area contributed by atoms with Crippen LogP contribution in [-0.4, -0.2) is 41.2 Å². The lowest BCUT2D eigenvalue weighted by Crippen LogP contribution is -2.47. The van der Waals surface area contributed by atoms with Crippen LogP contribution in [0.25, 0.3) is 0 Å². The van der Waals surface area contributed by atoms with Gasteiger partial charge < -0.3 is 15.2 Å². The Morgan fingerprint density at radius 2 is 2.30 bits per heavy atom. The van der Waals surface area contributed by atoms with E-state index in [0.29, 0.717) is 12.8 Å². The third-order valence-corrected chi connectivity index (χ3v) is 3.21. The quantitative estimate of drug-likeness (QED) is 0.828. The van der Waals surface area contributed by atoms with Crippen LogP contribution in [0.5, 0.6) is 5.75 Å². The highest BCUT2D eigenvalue weighted by Gasteiger charge is 2.34. The Bertz CT molecular complexity index is 478. The van der Waals surface area contributed by atoms with Crippen LogP contribution in [0.15, 0.2) is 18.3 Å². The van der Waals surface area contributed by atoms with Gasteiger partial charge in [0.2, 0.25) is 0 Å². The van der Waals surface area contributed by atoms with Crippen molar-refractivity contribution < 1.29 is 23.4 Å². The molecule has 0 unspecified atom stereocenters. The minimum absolute atomic E-state index is 0.00546. The van der Waals surface area contributed by atoms with Crippen molar-refractivity contribution >= 4 is 5.91 Å². The predicted molar refractivity (Wildman–Crippen MR) is 66.9 cm³/mol. The van der Waals surface area contributed by atoms with E-state index in [2.05, 4.69) is 10.3 Å². The lowest BCUT2D eigenvalue weighted by molar-refractivity contribution is -0.0301. The number of hydrogen-bond acceptors (Lipinski definition) is 4. The second kappa shape index (κ2) is 6.13. The van der Waals surface area contributed by atoms with Crippen LogP contribution in [0.2, 0.25) is 0 Å². The number of carbonyl (C=O) groups excluding carboxylic acids is 1. The van der Waals surface area contributed by atoms with Gasteiger partial charge in [-0.2, -0.15) is 0 Å². The van der Waals surface area contributed by atoms with Crippen molar-refractivity contribution in [1.82, 2.24) is 10.3 Å². The van der Waals surface area contributed by atoms with E-state index < -0.39 is 24.5 Å². The maximum Gasteiger partial charge on any atom is 0.273 e. The summed E-state index contributed by atoms with van der Waals surface area (Å²) in [6.45, 7) is -0.674. The molecule has 20 heavy (non-hydrogen) atoms. The van der Waals surface area contributed by atoms with Gasteiger partial charge in [-0.05, 0) is 31.4 Å². The van der Waals surface area contributed by atoms with Crippen LogP contribution < -0.4 is 10.1 Å². The number of pyridine rings is 1. The van der Waals surface area contributed by atoms with E-state index in [1.54, 1.807) is 0 Å². The molecule has 0 aromatic carbocycles. The molecule has 0 saturated heterocycles. The molecule has 1 fully saturated rings. The number of alkyl halides is 2. The van der Waals surface area contributed by atoms with Crippen molar-refractivity contribution in [1.29, 1.82) is 0 Å². The molecule has 1 saturated carbocycles. The van der Waals surface area contributed by atoms with Crippen molar-refractivity contribution in [3.05, 3.63) is 24.0 Å². The lowest BCUT2D eigenvalue weighted by Gasteiger charge is -2.36. The number of halogens is 2. The summed E-state index contributed by atoms with van der Waals surface area (Å²) in [7, 11) is 0. The first-order chi connectivity index (χ1) is 9.50. The Morgan fingerprint density at radius 3 is 2.90 bits per heavy atom. The van der Waals surface area contributed by atoms with Crippen molar-refractivity contribution in [3.63, 3.8) is 0 Å². The number of aromatic nitrogens is 1. The summed E-state index contributed by atoms with van der Waals surface area (Å²) in [6, 6.07) is 2.90. The van der Waals surface area contributed by atoms with Gasteiger partial charge in [-0.1, -0.05) is 0 Å². The maximum absolute atomic E-state index is 12.1. The summed E-state index contributed by atoms with van der Waals surface area (Å²) in [5.41, 5.74) is -0.912. The van der Waals surface area contributed by atoms with Crippen LogP contribution >= 0.6 is 0 Å². The van der Waals surface area contributed by atoms with Crippen molar-refractivity contribution in [2.24, 2.45) is 0 Å². The molecule has 2 N–H and O–H groups in total. The largest absolute Gasteiger partial charge is 0.485 e. The first kappa shape index (κ1) is 14.6. The molecule has 1 amide bonds. The van der Waals surface area contributed by atoms with Crippen LogP contribution in [0.3, 0.4) is 0 Å². The number of carbonyl (C=O) groups is 1. The standard InChI is InChI=1S/C13H16F2N2O3/c14-10(15)7-20-9-3-1-6-16-11(9)12(18)17-8-13(19)4-2-5-13/h1,3,6,10,19H,2,4-5,7-8H2,(H,17,18). The van der Waals surface area contributed by atoms with Gasteiger partial charge >= 0.3 is 0 Å². The molecule has 1 aliphatic carbocycles. The molecular weight excluding hydrogens is 270 g/mol. The normalized spacial score (nSPS) is 16.6. The summed E-state index contributed by atoms with van der Waals surface area (Å²) in [5.74, 6) is -0.541. The zero-order valence-corrected chi connectivity index (χ0v) is 10.8. The van der Waals surface area contributed by atoms with Crippen molar-refractivity contribution in [2.75, 3.05) is 13.2 Å². The number of aliphatic hydroxyl groups is 1. The van der Waals surface area contributed by atoms with Gasteiger partial charge in [-0.25, -0.2) is 13.8 Å². The second-order valence-electron chi connectivity index (χ2n) is 4.81. The average Bonchev–Trinajstić information content (AvgIpc) is 2.40. The summed E-state index contributed by atoms with van der Waals surface area (Å²) in [5, 5.41) is 12.4. The predicted octanol–water partition coefficient (Wildman–Crippen LogP) is 1.37. The highest BCUT2D eigenvalue weighted by Crippen LogP contribution is 2.30. The summed E-state index contributed by atoms with van der Waals surface area (Å²) in [4.78, 5) is 15.8. The van der Waals surface area contributed by atoms with Crippen molar-refractivity contribution in [2.45, 2.75) is 31.3 Å². The third kappa shape index (κ3) is 3.63. The fourth-order valence-corrected chi connectivity index (χ4v) is 1.92. The van der Waals surface area contributed by atoms with Gasteiger partial charge in [0.15, 0.2) is 11.4 Å². The minimum Gasteiger partial charge on any atom is -0.485 e. The van der Waals surface area contributed by atoms with Gasteiger partial charge in [0, 0.05) is 12.7 Å². The second-order valence-corrected chi connectivity index (χ2v) is 4.81. The molecule has 0 spiro atoms. The fourth-order valence-electron chi connectivity index (χ4n) is 1.92. The molecule has 1 aromatic heterocycles. The SMILES string of the molecule is O=C(NCC1(O)CCC1)c1ncccc1OCC(F)F.